The molecule has 0 heterocycles. The molecule has 2 N–H and O–H groups in total. The van der Waals surface area contributed by atoms with Gasteiger partial charge in [0.25, 0.3) is 0 Å². The van der Waals surface area contributed by atoms with Crippen LogP contribution >= 0.6 is 0 Å². The molecule has 18 heavy (non-hydrogen) atoms. The van der Waals surface area contributed by atoms with E-state index in [0.717, 1.165) is 25.0 Å². The van der Waals surface area contributed by atoms with Gasteiger partial charge in [-0.3, -0.25) is 0 Å². The summed E-state index contributed by atoms with van der Waals surface area (Å²) in [7, 11) is 1.91. The molecular weight excluding hydrogens is 226 g/mol. The van der Waals surface area contributed by atoms with Crippen LogP contribution in [-0.2, 0) is 0 Å². The number of hydrogen-bond donors (Lipinski definition) is 2. The van der Waals surface area contributed by atoms with Crippen LogP contribution in [0.4, 0.5) is 0 Å². The molecule has 2 unspecified atom stereocenters. The molecule has 0 bridgehead atoms. The fraction of sp³-hybridized carbons (Fsp3) is 0.600. The van der Waals surface area contributed by atoms with Crippen molar-refractivity contribution < 1.29 is 9.84 Å². The van der Waals surface area contributed by atoms with E-state index in [4.69, 9.17) is 4.74 Å². The number of benzene rings is 1. The molecule has 1 fully saturated rings. The second-order valence-corrected chi connectivity index (χ2v) is 5.42. The van der Waals surface area contributed by atoms with E-state index in [1.165, 1.54) is 11.1 Å². The van der Waals surface area contributed by atoms with E-state index in [1.54, 1.807) is 0 Å². The monoisotopic (exact) mass is 249 g/mol. The maximum absolute atomic E-state index is 9.46. The fourth-order valence-corrected chi connectivity index (χ4v) is 2.61. The van der Waals surface area contributed by atoms with Gasteiger partial charge in [0.1, 0.15) is 11.9 Å². The Morgan fingerprint density at radius 3 is 2.72 bits per heavy atom. The first-order valence-corrected chi connectivity index (χ1v) is 6.62. The van der Waals surface area contributed by atoms with Gasteiger partial charge in [-0.2, -0.15) is 0 Å². The van der Waals surface area contributed by atoms with Gasteiger partial charge in [0, 0.05) is 12.0 Å². The minimum Gasteiger partial charge on any atom is -0.490 e. The molecule has 0 spiro atoms. The maximum Gasteiger partial charge on any atom is 0.120 e. The summed E-state index contributed by atoms with van der Waals surface area (Å²) in [5.41, 5.74) is 2.39. The Morgan fingerprint density at radius 2 is 2.17 bits per heavy atom. The highest BCUT2D eigenvalue weighted by molar-refractivity contribution is 5.34. The smallest absolute Gasteiger partial charge is 0.120 e. The molecule has 0 aliphatic heterocycles. The van der Waals surface area contributed by atoms with Crippen molar-refractivity contribution in [1.29, 1.82) is 0 Å². The molecule has 2 rings (SSSR count). The first-order chi connectivity index (χ1) is 8.58. The topological polar surface area (TPSA) is 41.5 Å². The van der Waals surface area contributed by atoms with Gasteiger partial charge < -0.3 is 15.2 Å². The van der Waals surface area contributed by atoms with E-state index in [2.05, 4.69) is 31.3 Å². The lowest BCUT2D eigenvalue weighted by molar-refractivity contribution is 0.146. The molecule has 0 aromatic heterocycles. The Hall–Kier alpha value is -1.06. The van der Waals surface area contributed by atoms with Crippen molar-refractivity contribution >= 4 is 0 Å². The van der Waals surface area contributed by atoms with E-state index >= 15 is 0 Å². The van der Waals surface area contributed by atoms with Crippen molar-refractivity contribution in [2.45, 2.75) is 44.8 Å². The summed E-state index contributed by atoms with van der Waals surface area (Å²) >= 11 is 0. The van der Waals surface area contributed by atoms with Crippen LogP contribution in [0.5, 0.6) is 5.75 Å². The van der Waals surface area contributed by atoms with Crippen molar-refractivity contribution in [1.82, 2.24) is 5.32 Å². The Balaban J connectivity index is 2.01. The highest BCUT2D eigenvalue weighted by atomic mass is 16.5. The summed E-state index contributed by atoms with van der Waals surface area (Å²) < 4.78 is 6.02. The molecule has 3 heteroatoms. The number of aliphatic hydroxyl groups is 1. The van der Waals surface area contributed by atoms with Crippen molar-refractivity contribution in [3.05, 3.63) is 29.3 Å². The third-order valence-electron chi connectivity index (χ3n) is 4.18. The van der Waals surface area contributed by atoms with Crippen LogP contribution in [-0.4, -0.2) is 30.4 Å². The van der Waals surface area contributed by atoms with E-state index in [-0.39, 0.29) is 18.2 Å². The predicted molar refractivity (Wildman–Crippen MR) is 73.1 cm³/mol. The molecule has 0 amide bonds. The largest absolute Gasteiger partial charge is 0.490 e. The van der Waals surface area contributed by atoms with Crippen molar-refractivity contribution in [2.24, 2.45) is 0 Å². The second kappa shape index (κ2) is 5.29. The fourth-order valence-electron chi connectivity index (χ4n) is 2.61. The summed E-state index contributed by atoms with van der Waals surface area (Å²) in [5.74, 6) is 0.938. The Morgan fingerprint density at radius 1 is 1.39 bits per heavy atom. The Kier molecular flexibility index (Phi) is 3.93. The van der Waals surface area contributed by atoms with Gasteiger partial charge in [-0.05, 0) is 57.0 Å². The van der Waals surface area contributed by atoms with Gasteiger partial charge in [-0.15, -0.1) is 0 Å². The summed E-state index contributed by atoms with van der Waals surface area (Å²) in [6.45, 7) is 4.38. The number of nitrogens with one attached hydrogen (secondary N) is 1. The number of aryl methyl sites for hydroxylation is 2. The van der Waals surface area contributed by atoms with Crippen molar-refractivity contribution in [3.63, 3.8) is 0 Å². The molecule has 1 aliphatic carbocycles. The van der Waals surface area contributed by atoms with E-state index < -0.39 is 0 Å². The molecule has 100 valence electrons. The zero-order valence-corrected chi connectivity index (χ0v) is 11.5. The summed E-state index contributed by atoms with van der Waals surface area (Å²) in [4.78, 5) is 0. The quantitative estimate of drug-likeness (QED) is 0.859. The van der Waals surface area contributed by atoms with Gasteiger partial charge in [-0.1, -0.05) is 6.07 Å². The summed E-state index contributed by atoms with van der Waals surface area (Å²) in [6.07, 6.45) is 3.03. The lowest BCUT2D eigenvalue weighted by Crippen LogP contribution is -2.44. The Bertz CT molecular complexity index is 413. The SMILES string of the molecule is CNC1(CO)CCC(Oc2ccc(C)c(C)c2)C1. The van der Waals surface area contributed by atoms with Gasteiger partial charge in [-0.25, -0.2) is 0 Å². The van der Waals surface area contributed by atoms with Gasteiger partial charge in [0.05, 0.1) is 6.61 Å². The number of hydrogen-bond acceptors (Lipinski definition) is 3. The molecule has 1 aliphatic rings. The van der Waals surface area contributed by atoms with Crippen molar-refractivity contribution in [2.75, 3.05) is 13.7 Å². The van der Waals surface area contributed by atoms with E-state index in [9.17, 15) is 5.11 Å². The second-order valence-electron chi connectivity index (χ2n) is 5.42. The molecule has 1 aromatic carbocycles. The van der Waals surface area contributed by atoms with Crippen molar-refractivity contribution in [3.8, 4) is 5.75 Å². The van der Waals surface area contributed by atoms with Crippen LogP contribution in [0.25, 0.3) is 0 Å². The molecule has 0 radical (unpaired) electrons. The highest BCUT2D eigenvalue weighted by Gasteiger charge is 2.38. The molecule has 0 saturated heterocycles. The van der Waals surface area contributed by atoms with Crippen LogP contribution in [0.1, 0.15) is 30.4 Å². The third kappa shape index (κ3) is 2.68. The lowest BCUT2D eigenvalue weighted by atomic mass is 9.99. The standard InChI is InChI=1S/C15H23NO2/c1-11-4-5-13(8-12(11)2)18-14-6-7-15(9-14,10-17)16-3/h4-5,8,14,16-17H,6-7,9-10H2,1-3H3. The van der Waals surface area contributed by atoms with Gasteiger partial charge in [0.2, 0.25) is 0 Å². The number of rotatable bonds is 4. The third-order valence-corrected chi connectivity index (χ3v) is 4.18. The highest BCUT2D eigenvalue weighted by Crippen LogP contribution is 2.32. The van der Waals surface area contributed by atoms with Crippen LogP contribution in [0, 0.1) is 13.8 Å². The number of ether oxygens (including phenoxy) is 1. The van der Waals surface area contributed by atoms with Gasteiger partial charge >= 0.3 is 0 Å². The Labute approximate surface area is 109 Å². The predicted octanol–water partition coefficient (Wildman–Crippen LogP) is 2.19. The summed E-state index contributed by atoms with van der Waals surface area (Å²) in [6, 6.07) is 6.21. The molecule has 1 saturated carbocycles. The molecule has 2 atom stereocenters. The normalized spacial score (nSPS) is 27.4. The molecule has 1 aromatic rings. The number of aliphatic hydroxyl groups excluding tert-OH is 1. The van der Waals surface area contributed by atoms with Crippen LogP contribution in [0.15, 0.2) is 18.2 Å². The first kappa shape index (κ1) is 13.4. The molecular formula is C15H23NO2. The van der Waals surface area contributed by atoms with Crippen LogP contribution in [0.3, 0.4) is 0 Å². The summed E-state index contributed by atoms with van der Waals surface area (Å²) in [5, 5.41) is 12.7. The number of likely N-dealkylation sites (N-methyl/N-ethyl adjacent to an activating group) is 1. The van der Waals surface area contributed by atoms with Crippen LogP contribution in [0.2, 0.25) is 0 Å². The minimum atomic E-state index is -0.148. The minimum absolute atomic E-state index is 0.148. The lowest BCUT2D eigenvalue weighted by Gasteiger charge is -2.26. The maximum atomic E-state index is 9.46. The van der Waals surface area contributed by atoms with E-state index in [0.29, 0.717) is 0 Å². The average Bonchev–Trinajstić information content (AvgIpc) is 2.78. The van der Waals surface area contributed by atoms with Gasteiger partial charge in [0.15, 0.2) is 0 Å². The molecule has 3 nitrogen and oxygen atoms in total. The van der Waals surface area contributed by atoms with E-state index in [1.807, 2.05) is 13.1 Å². The average molecular weight is 249 g/mol. The zero-order valence-electron chi connectivity index (χ0n) is 11.5. The first-order valence-electron chi connectivity index (χ1n) is 6.62. The van der Waals surface area contributed by atoms with Crippen LogP contribution < -0.4 is 10.1 Å². The zero-order chi connectivity index (χ0) is 13.2.